The van der Waals surface area contributed by atoms with Crippen molar-refractivity contribution in [3.63, 3.8) is 0 Å². The van der Waals surface area contributed by atoms with Gasteiger partial charge in [-0.15, -0.1) is 0 Å². The Balaban J connectivity index is 2.28. The summed E-state index contributed by atoms with van der Waals surface area (Å²) in [5.74, 6) is -2.48. The molecule has 0 radical (unpaired) electrons. The second-order valence-electron chi connectivity index (χ2n) is 4.40. The number of anilines is 2. The Kier molecular flexibility index (Phi) is 3.71. The van der Waals surface area contributed by atoms with Crippen LogP contribution in [0.2, 0.25) is 0 Å². The first-order chi connectivity index (χ1) is 9.72. The van der Waals surface area contributed by atoms with E-state index >= 15 is 0 Å². The van der Waals surface area contributed by atoms with Crippen LogP contribution in [-0.4, -0.2) is 46.8 Å². The zero-order valence-electron chi connectivity index (χ0n) is 11.2. The first-order valence-electron chi connectivity index (χ1n) is 5.93. The molecule has 0 aliphatic carbocycles. The molecule has 0 spiro atoms. The summed E-state index contributed by atoms with van der Waals surface area (Å²) in [4.78, 5) is 30.6. The molecule has 1 saturated heterocycles. The number of halogens is 3. The van der Waals surface area contributed by atoms with Crippen LogP contribution in [0.1, 0.15) is 12.2 Å². The van der Waals surface area contributed by atoms with Gasteiger partial charge in [-0.25, -0.2) is 9.97 Å². The summed E-state index contributed by atoms with van der Waals surface area (Å²) >= 11 is 0. The number of hydrogen-bond acceptors (Lipinski definition) is 6. The van der Waals surface area contributed by atoms with E-state index in [0.717, 1.165) is 4.90 Å². The minimum absolute atomic E-state index is 0.0510. The van der Waals surface area contributed by atoms with Crippen molar-refractivity contribution >= 4 is 23.5 Å². The molecule has 21 heavy (non-hydrogen) atoms. The van der Waals surface area contributed by atoms with E-state index < -0.39 is 29.9 Å². The Labute approximate surface area is 117 Å². The highest BCUT2D eigenvalue weighted by Crippen LogP contribution is 2.28. The number of hydrogen-bond donors (Lipinski definition) is 2. The summed E-state index contributed by atoms with van der Waals surface area (Å²) in [5.41, 5.74) is 0. The lowest BCUT2D eigenvalue weighted by Crippen LogP contribution is -2.32. The van der Waals surface area contributed by atoms with E-state index in [-0.39, 0.29) is 18.1 Å². The molecule has 7 nitrogen and oxygen atoms in total. The molecule has 1 aliphatic heterocycles. The summed E-state index contributed by atoms with van der Waals surface area (Å²) in [6, 6.07) is 0.300. The van der Waals surface area contributed by atoms with Gasteiger partial charge in [0.05, 0.1) is 6.42 Å². The van der Waals surface area contributed by atoms with Gasteiger partial charge in [0.2, 0.25) is 11.7 Å². The van der Waals surface area contributed by atoms with Gasteiger partial charge in [-0.05, 0) is 0 Å². The van der Waals surface area contributed by atoms with E-state index in [1.807, 2.05) is 0 Å². The van der Waals surface area contributed by atoms with Gasteiger partial charge in [-0.1, -0.05) is 0 Å². The quantitative estimate of drug-likeness (QED) is 0.800. The molecule has 1 unspecified atom stereocenters. The average Bonchev–Trinajstić information content (AvgIpc) is 2.65. The van der Waals surface area contributed by atoms with Crippen molar-refractivity contribution in [3.05, 3.63) is 11.9 Å². The average molecular weight is 303 g/mol. The smallest absolute Gasteiger partial charge is 0.373 e. The van der Waals surface area contributed by atoms with Crippen molar-refractivity contribution in [3.8, 4) is 0 Å². The molecule has 1 atom stereocenters. The van der Waals surface area contributed by atoms with Crippen LogP contribution < -0.4 is 10.6 Å². The molecule has 2 rings (SSSR count). The Hall–Kier alpha value is -2.39. The van der Waals surface area contributed by atoms with Crippen LogP contribution in [0.4, 0.5) is 24.8 Å². The van der Waals surface area contributed by atoms with E-state index in [1.165, 1.54) is 20.2 Å². The summed E-state index contributed by atoms with van der Waals surface area (Å²) in [7, 11) is 2.72. The van der Waals surface area contributed by atoms with Crippen molar-refractivity contribution < 1.29 is 22.8 Å². The SMILES string of the molecule is CNc1cc(NC2CC(=O)N(C)C2=O)nc(C(F)(F)F)n1. The summed E-state index contributed by atoms with van der Waals surface area (Å²) < 4.78 is 38.1. The molecule has 2 N–H and O–H groups in total. The van der Waals surface area contributed by atoms with Crippen LogP contribution in [0.5, 0.6) is 0 Å². The number of likely N-dealkylation sites (N-methyl/N-ethyl adjacent to an activating group) is 1. The lowest BCUT2D eigenvalue weighted by molar-refractivity contribution is -0.144. The minimum Gasteiger partial charge on any atom is -0.373 e. The second-order valence-corrected chi connectivity index (χ2v) is 4.40. The van der Waals surface area contributed by atoms with Crippen molar-refractivity contribution in [2.24, 2.45) is 0 Å². The minimum atomic E-state index is -4.71. The third kappa shape index (κ3) is 3.03. The first kappa shape index (κ1) is 15.0. The maximum absolute atomic E-state index is 12.7. The Bertz CT molecular complexity index is 590. The fourth-order valence-electron chi connectivity index (χ4n) is 1.82. The van der Waals surface area contributed by atoms with Crippen LogP contribution in [0.3, 0.4) is 0 Å². The largest absolute Gasteiger partial charge is 0.451 e. The number of aromatic nitrogens is 2. The molecule has 1 fully saturated rings. The highest BCUT2D eigenvalue weighted by Gasteiger charge is 2.38. The summed E-state index contributed by atoms with van der Waals surface area (Å²) in [5, 5.41) is 5.02. The predicted molar refractivity (Wildman–Crippen MR) is 66.4 cm³/mol. The van der Waals surface area contributed by atoms with Gasteiger partial charge >= 0.3 is 6.18 Å². The zero-order valence-corrected chi connectivity index (χ0v) is 11.2. The number of rotatable bonds is 3. The molecule has 0 saturated carbocycles. The van der Waals surface area contributed by atoms with E-state index in [2.05, 4.69) is 20.6 Å². The second kappa shape index (κ2) is 5.19. The van der Waals surface area contributed by atoms with Gasteiger partial charge in [-0.2, -0.15) is 13.2 Å². The summed E-state index contributed by atoms with van der Waals surface area (Å²) in [6.07, 6.45) is -4.84. The molecular formula is C11H12F3N5O2. The number of amides is 2. The Morgan fingerprint density at radius 1 is 1.29 bits per heavy atom. The molecule has 1 aromatic rings. The van der Waals surface area contributed by atoms with Crippen molar-refractivity contribution in [1.82, 2.24) is 14.9 Å². The van der Waals surface area contributed by atoms with E-state index in [0.29, 0.717) is 0 Å². The number of carbonyl (C=O) groups is 2. The maximum Gasteiger partial charge on any atom is 0.451 e. The lowest BCUT2D eigenvalue weighted by Gasteiger charge is -2.14. The fraction of sp³-hybridized carbons (Fsp3) is 0.455. The maximum atomic E-state index is 12.7. The number of likely N-dealkylation sites (tertiary alicyclic amines) is 1. The molecule has 2 heterocycles. The van der Waals surface area contributed by atoms with Gasteiger partial charge in [0.25, 0.3) is 5.91 Å². The van der Waals surface area contributed by atoms with Gasteiger partial charge < -0.3 is 10.6 Å². The van der Waals surface area contributed by atoms with E-state index in [4.69, 9.17) is 0 Å². The third-order valence-corrected chi connectivity index (χ3v) is 2.94. The number of nitrogens with one attached hydrogen (secondary N) is 2. The number of carbonyl (C=O) groups excluding carboxylic acids is 2. The normalized spacial score (nSPS) is 19.1. The molecule has 0 bridgehead atoms. The molecule has 10 heteroatoms. The van der Waals surface area contributed by atoms with Crippen LogP contribution >= 0.6 is 0 Å². The van der Waals surface area contributed by atoms with Crippen LogP contribution in [-0.2, 0) is 15.8 Å². The highest BCUT2D eigenvalue weighted by molar-refractivity contribution is 6.06. The monoisotopic (exact) mass is 303 g/mol. The first-order valence-corrected chi connectivity index (χ1v) is 5.93. The van der Waals surface area contributed by atoms with Crippen LogP contribution in [0.25, 0.3) is 0 Å². The Morgan fingerprint density at radius 2 is 1.90 bits per heavy atom. The number of alkyl halides is 3. The predicted octanol–water partition coefficient (Wildman–Crippen LogP) is 0.706. The molecule has 0 aromatic carbocycles. The van der Waals surface area contributed by atoms with Crippen LogP contribution in [0, 0.1) is 0 Å². The number of imide groups is 1. The lowest BCUT2D eigenvalue weighted by atomic mass is 10.2. The van der Waals surface area contributed by atoms with E-state index in [1.54, 1.807) is 0 Å². The number of nitrogens with zero attached hydrogens (tertiary/aromatic N) is 3. The van der Waals surface area contributed by atoms with Gasteiger partial charge in [-0.3, -0.25) is 14.5 Å². The van der Waals surface area contributed by atoms with Crippen molar-refractivity contribution in [1.29, 1.82) is 0 Å². The van der Waals surface area contributed by atoms with Crippen molar-refractivity contribution in [2.75, 3.05) is 24.7 Å². The topological polar surface area (TPSA) is 87.2 Å². The van der Waals surface area contributed by atoms with Gasteiger partial charge in [0.1, 0.15) is 17.7 Å². The van der Waals surface area contributed by atoms with E-state index in [9.17, 15) is 22.8 Å². The molecule has 1 aliphatic rings. The van der Waals surface area contributed by atoms with Crippen molar-refractivity contribution in [2.45, 2.75) is 18.6 Å². The summed E-state index contributed by atoms with van der Waals surface area (Å²) in [6.45, 7) is 0. The standard InChI is InChI=1S/C11H12F3N5O2/c1-15-6-4-7(18-10(17-6)11(12,13)14)16-5-3-8(20)19(2)9(5)21/h4-5H,3H2,1-2H3,(H2,15,16,17,18). The zero-order chi connectivity index (χ0) is 15.8. The highest BCUT2D eigenvalue weighted by atomic mass is 19.4. The molecule has 114 valence electrons. The fourth-order valence-corrected chi connectivity index (χ4v) is 1.82. The Morgan fingerprint density at radius 3 is 2.38 bits per heavy atom. The molecule has 1 aromatic heterocycles. The van der Waals surface area contributed by atoms with Gasteiger partial charge in [0.15, 0.2) is 0 Å². The van der Waals surface area contributed by atoms with Gasteiger partial charge in [0, 0.05) is 20.2 Å². The molecular weight excluding hydrogens is 291 g/mol. The molecule has 2 amide bonds. The third-order valence-electron chi connectivity index (χ3n) is 2.94. The van der Waals surface area contributed by atoms with Crippen LogP contribution in [0.15, 0.2) is 6.07 Å².